The molecule has 0 saturated carbocycles. The van der Waals surface area contributed by atoms with Crippen molar-refractivity contribution in [3.05, 3.63) is 100 Å². The van der Waals surface area contributed by atoms with E-state index in [0.29, 0.717) is 24.0 Å². The van der Waals surface area contributed by atoms with Crippen LogP contribution in [-0.2, 0) is 19.3 Å². The molecule has 0 heterocycles. The molecule has 0 aromatic heterocycles. The summed E-state index contributed by atoms with van der Waals surface area (Å²) in [6.45, 7) is 2.21. The molecule has 0 spiro atoms. The van der Waals surface area contributed by atoms with Gasteiger partial charge >= 0.3 is 0 Å². The molecule has 0 radical (unpaired) electrons. The molecule has 0 aliphatic heterocycles. The van der Waals surface area contributed by atoms with Crippen molar-refractivity contribution in [3.8, 4) is 11.1 Å². The van der Waals surface area contributed by atoms with Crippen molar-refractivity contribution in [2.45, 2.75) is 45.4 Å². The Morgan fingerprint density at radius 1 is 0.733 bits per heavy atom. The fraction of sp³-hybridized carbons (Fsp3) is 0.259. The van der Waals surface area contributed by atoms with Gasteiger partial charge in [-0.1, -0.05) is 56.2 Å². The Labute approximate surface area is 176 Å². The molecule has 3 heteroatoms. The molecule has 0 amide bonds. The minimum Gasteiger partial charge on any atom is -0.206 e. The predicted molar refractivity (Wildman–Crippen MR) is 117 cm³/mol. The third kappa shape index (κ3) is 4.35. The summed E-state index contributed by atoms with van der Waals surface area (Å²) in [5.41, 5.74) is 6.35. The second-order valence-corrected chi connectivity index (χ2v) is 7.99. The standard InChI is InChI=1S/C27H25F3/c1-2-3-4-5-18-6-8-19(9-7-18)20-10-11-21-15-24(26(29)17-23(21)14-20)22-12-13-25(28)27(30)16-22/h6-10,12-13,15-17H,2-5,11,14H2,1H3. The number of aryl methyl sites for hydroxylation is 1. The molecule has 1 aliphatic rings. The summed E-state index contributed by atoms with van der Waals surface area (Å²) in [6, 6.07) is 15.5. The average Bonchev–Trinajstić information content (AvgIpc) is 2.75. The Balaban J connectivity index is 1.54. The van der Waals surface area contributed by atoms with E-state index in [-0.39, 0.29) is 0 Å². The van der Waals surface area contributed by atoms with E-state index in [1.807, 2.05) is 0 Å². The van der Waals surface area contributed by atoms with E-state index >= 15 is 0 Å². The van der Waals surface area contributed by atoms with Gasteiger partial charge in [0.1, 0.15) is 5.82 Å². The lowest BCUT2D eigenvalue weighted by atomic mass is 9.86. The van der Waals surface area contributed by atoms with Crippen LogP contribution < -0.4 is 0 Å². The third-order valence-corrected chi connectivity index (χ3v) is 5.86. The molecule has 0 nitrogen and oxygen atoms in total. The zero-order valence-electron chi connectivity index (χ0n) is 17.2. The lowest BCUT2D eigenvalue weighted by Crippen LogP contribution is -2.05. The van der Waals surface area contributed by atoms with Crippen LogP contribution in [0.3, 0.4) is 0 Å². The monoisotopic (exact) mass is 406 g/mol. The van der Waals surface area contributed by atoms with Gasteiger partial charge in [0.05, 0.1) is 0 Å². The van der Waals surface area contributed by atoms with Gasteiger partial charge in [-0.05, 0) is 83.3 Å². The molecule has 154 valence electrons. The van der Waals surface area contributed by atoms with E-state index in [4.69, 9.17) is 0 Å². The Kier molecular flexibility index (Phi) is 6.08. The quantitative estimate of drug-likeness (QED) is 0.368. The minimum absolute atomic E-state index is 0.306. The minimum atomic E-state index is -0.968. The van der Waals surface area contributed by atoms with Crippen molar-refractivity contribution in [2.24, 2.45) is 0 Å². The van der Waals surface area contributed by atoms with Gasteiger partial charge in [-0.3, -0.25) is 0 Å². The zero-order valence-corrected chi connectivity index (χ0v) is 17.2. The highest BCUT2D eigenvalue weighted by Crippen LogP contribution is 2.33. The first-order chi connectivity index (χ1) is 14.5. The Morgan fingerprint density at radius 2 is 1.50 bits per heavy atom. The van der Waals surface area contributed by atoms with E-state index in [1.54, 1.807) is 6.07 Å². The molecule has 0 fully saturated rings. The highest BCUT2D eigenvalue weighted by Gasteiger charge is 2.17. The van der Waals surface area contributed by atoms with Crippen LogP contribution in [0, 0.1) is 17.5 Å². The van der Waals surface area contributed by atoms with Crippen LogP contribution in [0.5, 0.6) is 0 Å². The van der Waals surface area contributed by atoms with Gasteiger partial charge in [-0.2, -0.15) is 0 Å². The second kappa shape index (κ2) is 8.91. The summed E-state index contributed by atoms with van der Waals surface area (Å²) < 4.78 is 41.6. The van der Waals surface area contributed by atoms with E-state index in [1.165, 1.54) is 48.1 Å². The number of benzene rings is 3. The van der Waals surface area contributed by atoms with Gasteiger partial charge in [0.15, 0.2) is 11.6 Å². The Hall–Kier alpha value is -2.81. The maximum Gasteiger partial charge on any atom is 0.159 e. The third-order valence-electron chi connectivity index (χ3n) is 5.86. The van der Waals surface area contributed by atoms with Crippen LogP contribution in [0.15, 0.2) is 60.7 Å². The van der Waals surface area contributed by atoms with Crippen LogP contribution in [0.2, 0.25) is 0 Å². The first-order valence-corrected chi connectivity index (χ1v) is 10.6. The number of hydrogen-bond acceptors (Lipinski definition) is 0. The maximum absolute atomic E-state index is 14.8. The second-order valence-electron chi connectivity index (χ2n) is 7.99. The van der Waals surface area contributed by atoms with Crippen molar-refractivity contribution in [1.29, 1.82) is 0 Å². The summed E-state index contributed by atoms with van der Waals surface area (Å²) >= 11 is 0. The largest absolute Gasteiger partial charge is 0.206 e. The molecular formula is C27H25F3. The molecule has 0 bridgehead atoms. The Bertz CT molecular complexity index is 1080. The van der Waals surface area contributed by atoms with Crippen molar-refractivity contribution >= 4 is 5.57 Å². The normalized spacial score (nSPS) is 13.1. The molecule has 3 aromatic carbocycles. The first-order valence-electron chi connectivity index (χ1n) is 10.6. The van der Waals surface area contributed by atoms with Crippen molar-refractivity contribution in [2.75, 3.05) is 0 Å². The maximum atomic E-state index is 14.8. The van der Waals surface area contributed by atoms with Crippen LogP contribution in [-0.4, -0.2) is 0 Å². The van der Waals surface area contributed by atoms with Gasteiger partial charge in [0.2, 0.25) is 0 Å². The smallest absolute Gasteiger partial charge is 0.159 e. The van der Waals surface area contributed by atoms with Gasteiger partial charge in [-0.15, -0.1) is 0 Å². The topological polar surface area (TPSA) is 0 Å². The van der Waals surface area contributed by atoms with E-state index in [2.05, 4.69) is 37.3 Å². The lowest BCUT2D eigenvalue weighted by molar-refractivity contribution is 0.509. The fourth-order valence-corrected chi connectivity index (χ4v) is 4.09. The Morgan fingerprint density at radius 3 is 2.23 bits per heavy atom. The van der Waals surface area contributed by atoms with Crippen molar-refractivity contribution in [1.82, 2.24) is 0 Å². The summed E-state index contributed by atoms with van der Waals surface area (Å²) in [5, 5.41) is 0. The molecule has 0 saturated heterocycles. The van der Waals surface area contributed by atoms with Gasteiger partial charge in [-0.25, -0.2) is 13.2 Å². The summed E-state index contributed by atoms with van der Waals surface area (Å²) in [5.74, 6) is -2.31. The molecule has 0 N–H and O–H groups in total. The molecule has 1 aliphatic carbocycles. The highest BCUT2D eigenvalue weighted by molar-refractivity contribution is 5.73. The van der Waals surface area contributed by atoms with Crippen LogP contribution >= 0.6 is 0 Å². The number of allylic oxidation sites excluding steroid dienone is 2. The van der Waals surface area contributed by atoms with E-state index < -0.39 is 17.5 Å². The summed E-state index contributed by atoms with van der Waals surface area (Å²) in [4.78, 5) is 0. The summed E-state index contributed by atoms with van der Waals surface area (Å²) in [6.07, 6.45) is 8.33. The zero-order chi connectivity index (χ0) is 21.1. The molecular weight excluding hydrogens is 381 g/mol. The number of unbranched alkanes of at least 4 members (excludes halogenated alkanes) is 2. The molecule has 30 heavy (non-hydrogen) atoms. The molecule has 0 unspecified atom stereocenters. The number of fused-ring (bicyclic) bond motifs is 1. The lowest BCUT2D eigenvalue weighted by Gasteiger charge is -2.19. The summed E-state index contributed by atoms with van der Waals surface area (Å²) in [7, 11) is 0. The average molecular weight is 406 g/mol. The highest BCUT2D eigenvalue weighted by atomic mass is 19.2. The van der Waals surface area contributed by atoms with Gasteiger partial charge < -0.3 is 0 Å². The van der Waals surface area contributed by atoms with Gasteiger partial charge in [0.25, 0.3) is 0 Å². The molecule has 4 rings (SSSR count). The van der Waals surface area contributed by atoms with E-state index in [0.717, 1.165) is 29.7 Å². The number of halogens is 3. The van der Waals surface area contributed by atoms with E-state index in [9.17, 15) is 13.2 Å². The van der Waals surface area contributed by atoms with Crippen molar-refractivity contribution < 1.29 is 13.2 Å². The SMILES string of the molecule is CCCCCc1ccc(C2=CCc3cc(-c4ccc(F)c(F)c4)c(F)cc3C2)cc1. The number of rotatable bonds is 6. The van der Waals surface area contributed by atoms with Crippen LogP contribution in [0.25, 0.3) is 16.7 Å². The van der Waals surface area contributed by atoms with Crippen molar-refractivity contribution in [3.63, 3.8) is 0 Å². The molecule has 0 atom stereocenters. The predicted octanol–water partition coefficient (Wildman–Crippen LogP) is 7.69. The van der Waals surface area contributed by atoms with Crippen LogP contribution in [0.1, 0.15) is 48.4 Å². The molecule has 3 aromatic rings. The van der Waals surface area contributed by atoms with Gasteiger partial charge in [0, 0.05) is 5.56 Å². The fourth-order valence-electron chi connectivity index (χ4n) is 4.09. The first kappa shape index (κ1) is 20.5. The van der Waals surface area contributed by atoms with Crippen LogP contribution in [0.4, 0.5) is 13.2 Å². The number of hydrogen-bond donors (Lipinski definition) is 0.